The number of ether oxygens (including phenoxy) is 1. The molecule has 0 radical (unpaired) electrons. The number of hydrogen-bond donors (Lipinski definition) is 0. The summed E-state index contributed by atoms with van der Waals surface area (Å²) in [5.74, 6) is 1.37. The van der Waals surface area contributed by atoms with Crippen LogP contribution in [0.5, 0.6) is 5.75 Å². The van der Waals surface area contributed by atoms with E-state index in [4.69, 9.17) is 9.15 Å². The van der Waals surface area contributed by atoms with Crippen molar-refractivity contribution in [3.63, 3.8) is 0 Å². The van der Waals surface area contributed by atoms with E-state index in [2.05, 4.69) is 21.6 Å². The largest absolute Gasteiger partial charge is 0.497 e. The third-order valence-corrected chi connectivity index (χ3v) is 5.80. The van der Waals surface area contributed by atoms with Gasteiger partial charge in [0.1, 0.15) is 11.3 Å². The Morgan fingerprint density at radius 3 is 2.62 bits per heavy atom. The highest BCUT2D eigenvalue weighted by Gasteiger charge is 2.12. The first-order valence-electron chi connectivity index (χ1n) is 9.09. The average Bonchev–Trinajstić information content (AvgIpc) is 3.15. The van der Waals surface area contributed by atoms with Gasteiger partial charge in [-0.15, -0.1) is 5.10 Å². The summed E-state index contributed by atoms with van der Waals surface area (Å²) in [7, 11) is 1.64. The molecule has 2 aromatic carbocycles. The Morgan fingerprint density at radius 2 is 1.86 bits per heavy atom. The van der Waals surface area contributed by atoms with Crippen LogP contribution in [0.1, 0.15) is 22.3 Å². The Kier molecular flexibility index (Phi) is 5.35. The van der Waals surface area contributed by atoms with E-state index in [0.29, 0.717) is 23.0 Å². The van der Waals surface area contributed by atoms with Crippen LogP contribution in [0.15, 0.2) is 56.8 Å². The fourth-order valence-corrected chi connectivity index (χ4v) is 3.92. The summed E-state index contributed by atoms with van der Waals surface area (Å²) >= 11 is 1.49. The molecule has 0 saturated heterocycles. The zero-order chi connectivity index (χ0) is 20.4. The minimum Gasteiger partial charge on any atom is -0.497 e. The Hall–Kier alpha value is -3.13. The van der Waals surface area contributed by atoms with Gasteiger partial charge in [0.25, 0.3) is 0 Å². The number of benzene rings is 2. The van der Waals surface area contributed by atoms with Gasteiger partial charge in [0, 0.05) is 17.2 Å². The van der Waals surface area contributed by atoms with Gasteiger partial charge in [0.2, 0.25) is 5.16 Å². The quantitative estimate of drug-likeness (QED) is 0.355. The molecule has 2 aromatic heterocycles. The molecule has 0 amide bonds. The fraction of sp³-hybridized carbons (Fsp3) is 0.238. The van der Waals surface area contributed by atoms with Crippen LogP contribution >= 0.6 is 11.8 Å². The summed E-state index contributed by atoms with van der Waals surface area (Å²) < 4.78 is 12.3. The number of fused-ring (bicyclic) bond motifs is 1. The SMILES string of the molecule is COc1ccc(Cn2nnnc2SCc2cc(=O)oc3cc(C)c(C)cc23)cc1. The van der Waals surface area contributed by atoms with Gasteiger partial charge in [0.15, 0.2) is 0 Å². The summed E-state index contributed by atoms with van der Waals surface area (Å²) in [5, 5.41) is 13.7. The van der Waals surface area contributed by atoms with Gasteiger partial charge in [-0.05, 0) is 70.8 Å². The van der Waals surface area contributed by atoms with E-state index in [-0.39, 0.29) is 5.63 Å². The Balaban J connectivity index is 1.56. The lowest BCUT2D eigenvalue weighted by atomic mass is 10.0. The van der Waals surface area contributed by atoms with E-state index in [1.807, 2.05) is 44.2 Å². The van der Waals surface area contributed by atoms with Crippen molar-refractivity contribution in [3.8, 4) is 5.75 Å². The van der Waals surface area contributed by atoms with E-state index in [0.717, 1.165) is 33.4 Å². The predicted octanol–water partition coefficient (Wildman–Crippen LogP) is 3.75. The Labute approximate surface area is 171 Å². The van der Waals surface area contributed by atoms with Crippen LogP contribution < -0.4 is 10.4 Å². The molecule has 0 atom stereocenters. The molecular formula is C21H20N4O3S. The van der Waals surface area contributed by atoms with Crippen LogP contribution in [-0.4, -0.2) is 27.3 Å². The van der Waals surface area contributed by atoms with Gasteiger partial charge in [-0.3, -0.25) is 0 Å². The maximum absolute atomic E-state index is 12.0. The van der Waals surface area contributed by atoms with Crippen molar-refractivity contribution in [2.24, 2.45) is 0 Å². The van der Waals surface area contributed by atoms with Crippen LogP contribution in [0.25, 0.3) is 11.0 Å². The maximum atomic E-state index is 12.0. The van der Waals surface area contributed by atoms with Gasteiger partial charge in [-0.1, -0.05) is 23.9 Å². The topological polar surface area (TPSA) is 83.0 Å². The number of rotatable bonds is 6. The minimum atomic E-state index is -0.353. The Morgan fingerprint density at radius 1 is 1.10 bits per heavy atom. The second-order valence-corrected chi connectivity index (χ2v) is 7.72. The molecule has 7 nitrogen and oxygen atoms in total. The molecule has 0 N–H and O–H groups in total. The molecule has 0 aliphatic carbocycles. The second kappa shape index (κ2) is 8.08. The van der Waals surface area contributed by atoms with Crippen LogP contribution in [0.2, 0.25) is 0 Å². The molecule has 0 unspecified atom stereocenters. The number of thioether (sulfide) groups is 1. The Bertz CT molecular complexity index is 1220. The van der Waals surface area contributed by atoms with Gasteiger partial charge in [-0.2, -0.15) is 0 Å². The van der Waals surface area contributed by atoms with Gasteiger partial charge >= 0.3 is 5.63 Å². The maximum Gasteiger partial charge on any atom is 0.336 e. The zero-order valence-corrected chi connectivity index (χ0v) is 17.2. The lowest BCUT2D eigenvalue weighted by Crippen LogP contribution is -2.05. The first-order chi connectivity index (χ1) is 14.0. The smallest absolute Gasteiger partial charge is 0.336 e. The number of nitrogens with zero attached hydrogens (tertiary/aromatic N) is 4. The highest BCUT2D eigenvalue weighted by atomic mass is 32.2. The lowest BCUT2D eigenvalue weighted by molar-refractivity contribution is 0.414. The first-order valence-corrected chi connectivity index (χ1v) is 10.1. The second-order valence-electron chi connectivity index (χ2n) is 6.78. The number of methoxy groups -OCH3 is 1. The van der Waals surface area contributed by atoms with Crippen molar-refractivity contribution < 1.29 is 9.15 Å². The van der Waals surface area contributed by atoms with Crippen molar-refractivity contribution in [2.45, 2.75) is 31.3 Å². The van der Waals surface area contributed by atoms with E-state index in [9.17, 15) is 4.79 Å². The standard InChI is InChI=1S/C21H20N4O3S/c1-13-8-18-16(10-20(26)28-19(18)9-14(13)2)12-29-21-22-23-24-25(21)11-15-4-6-17(27-3)7-5-15/h4-10H,11-12H2,1-3H3. The predicted molar refractivity (Wildman–Crippen MR) is 111 cm³/mol. The van der Waals surface area contributed by atoms with Crippen LogP contribution in [-0.2, 0) is 12.3 Å². The van der Waals surface area contributed by atoms with Crippen molar-refractivity contribution in [2.75, 3.05) is 7.11 Å². The average molecular weight is 408 g/mol. The number of aromatic nitrogens is 4. The number of hydrogen-bond acceptors (Lipinski definition) is 7. The fourth-order valence-electron chi connectivity index (χ4n) is 3.05. The monoisotopic (exact) mass is 408 g/mol. The summed E-state index contributed by atoms with van der Waals surface area (Å²) in [5.41, 5.74) is 4.47. The molecule has 8 heteroatoms. The third kappa shape index (κ3) is 4.17. The molecule has 148 valence electrons. The van der Waals surface area contributed by atoms with E-state index < -0.39 is 0 Å². The zero-order valence-electron chi connectivity index (χ0n) is 16.4. The van der Waals surface area contributed by atoms with E-state index in [1.54, 1.807) is 17.9 Å². The highest BCUT2D eigenvalue weighted by Crippen LogP contribution is 2.27. The molecule has 0 saturated carbocycles. The molecule has 2 heterocycles. The summed E-state index contributed by atoms with van der Waals surface area (Å²) in [6.07, 6.45) is 0. The normalized spacial score (nSPS) is 11.1. The molecular weight excluding hydrogens is 388 g/mol. The number of tetrazole rings is 1. The molecule has 0 aliphatic rings. The molecule has 0 bridgehead atoms. The van der Waals surface area contributed by atoms with Gasteiger partial charge in [-0.25, -0.2) is 9.48 Å². The molecule has 4 rings (SSSR count). The highest BCUT2D eigenvalue weighted by molar-refractivity contribution is 7.98. The van der Waals surface area contributed by atoms with Crippen molar-refractivity contribution >= 4 is 22.7 Å². The molecule has 0 spiro atoms. The summed E-state index contributed by atoms with van der Waals surface area (Å²) in [6, 6.07) is 13.3. The van der Waals surface area contributed by atoms with Gasteiger partial charge < -0.3 is 9.15 Å². The summed E-state index contributed by atoms with van der Waals surface area (Å²) in [4.78, 5) is 12.0. The molecule has 4 aromatic rings. The van der Waals surface area contributed by atoms with Crippen LogP contribution in [0, 0.1) is 13.8 Å². The molecule has 29 heavy (non-hydrogen) atoms. The van der Waals surface area contributed by atoms with E-state index in [1.165, 1.54) is 11.8 Å². The van der Waals surface area contributed by atoms with E-state index >= 15 is 0 Å². The van der Waals surface area contributed by atoms with Crippen molar-refractivity contribution in [3.05, 3.63) is 75.1 Å². The first kappa shape index (κ1) is 19.2. The van der Waals surface area contributed by atoms with Crippen molar-refractivity contribution in [1.82, 2.24) is 20.2 Å². The third-order valence-electron chi connectivity index (χ3n) is 4.79. The molecule has 0 aliphatic heterocycles. The van der Waals surface area contributed by atoms with Crippen LogP contribution in [0.3, 0.4) is 0 Å². The summed E-state index contributed by atoms with van der Waals surface area (Å²) in [6.45, 7) is 4.60. The van der Waals surface area contributed by atoms with Crippen molar-refractivity contribution in [1.29, 1.82) is 0 Å². The van der Waals surface area contributed by atoms with Gasteiger partial charge in [0.05, 0.1) is 13.7 Å². The number of aryl methyl sites for hydroxylation is 2. The molecule has 0 fully saturated rings. The minimum absolute atomic E-state index is 0.353. The van der Waals surface area contributed by atoms with Crippen LogP contribution in [0.4, 0.5) is 0 Å². The lowest BCUT2D eigenvalue weighted by Gasteiger charge is -2.08.